The fourth-order valence-corrected chi connectivity index (χ4v) is 3.32. The van der Waals surface area contributed by atoms with Crippen LogP contribution in [0.25, 0.3) is 0 Å². The normalized spacial score (nSPS) is 13.2. The highest BCUT2D eigenvalue weighted by Gasteiger charge is 2.24. The first-order valence-corrected chi connectivity index (χ1v) is 8.88. The van der Waals surface area contributed by atoms with Crippen LogP contribution in [0.2, 0.25) is 0 Å². The number of aromatic carboxylic acids is 1. The van der Waals surface area contributed by atoms with Crippen LogP contribution in [0.1, 0.15) is 35.9 Å². The van der Waals surface area contributed by atoms with Gasteiger partial charge in [-0.25, -0.2) is 26.7 Å². The lowest BCUT2D eigenvalue weighted by molar-refractivity contribution is 0.0656. The van der Waals surface area contributed by atoms with E-state index in [1.54, 1.807) is 0 Å². The van der Waals surface area contributed by atoms with Crippen molar-refractivity contribution in [3.05, 3.63) is 53.3 Å². The van der Waals surface area contributed by atoms with Gasteiger partial charge in [0.1, 0.15) is 0 Å². The molecule has 25 heavy (non-hydrogen) atoms. The number of benzene rings is 1. The van der Waals surface area contributed by atoms with Gasteiger partial charge in [-0.2, -0.15) is 0 Å². The number of nitrogens with one attached hydrogen (secondary N) is 1. The second-order valence-electron chi connectivity index (χ2n) is 5.80. The third kappa shape index (κ3) is 4.43. The largest absolute Gasteiger partial charge is 0.475 e. The molecule has 1 unspecified atom stereocenters. The quantitative estimate of drug-likeness (QED) is 0.778. The molecule has 0 saturated heterocycles. The maximum absolute atomic E-state index is 13.4. The van der Waals surface area contributed by atoms with E-state index in [-0.39, 0.29) is 12.5 Å². The Morgan fingerprint density at radius 1 is 1.20 bits per heavy atom. The molecule has 1 atom stereocenters. The number of carboxylic acids is 1. The molecule has 0 spiro atoms. The molecule has 1 heterocycles. The van der Waals surface area contributed by atoms with Crippen molar-refractivity contribution < 1.29 is 31.5 Å². The summed E-state index contributed by atoms with van der Waals surface area (Å²) in [4.78, 5) is 10.8. The summed E-state index contributed by atoms with van der Waals surface area (Å²) < 4.78 is 58.0. The van der Waals surface area contributed by atoms with Gasteiger partial charge in [-0.1, -0.05) is 19.9 Å². The van der Waals surface area contributed by atoms with E-state index in [1.165, 1.54) is 6.07 Å². The Morgan fingerprint density at radius 3 is 2.40 bits per heavy atom. The summed E-state index contributed by atoms with van der Waals surface area (Å²) in [6.45, 7) is 3.54. The lowest BCUT2D eigenvalue weighted by Crippen LogP contribution is -2.30. The summed E-state index contributed by atoms with van der Waals surface area (Å²) >= 11 is 0. The maximum atomic E-state index is 13.4. The zero-order valence-corrected chi connectivity index (χ0v) is 14.3. The van der Waals surface area contributed by atoms with Crippen molar-refractivity contribution in [2.75, 3.05) is 6.54 Å². The van der Waals surface area contributed by atoms with Crippen molar-refractivity contribution in [1.82, 2.24) is 4.72 Å². The highest BCUT2D eigenvalue weighted by molar-refractivity contribution is 7.89. The molecule has 0 bridgehead atoms. The average molecular weight is 373 g/mol. The minimum absolute atomic E-state index is 0.0706. The highest BCUT2D eigenvalue weighted by Crippen LogP contribution is 2.26. The number of carbonyl (C=O) groups is 1. The van der Waals surface area contributed by atoms with Gasteiger partial charge in [-0.05, 0) is 41.7 Å². The molecular weight excluding hydrogens is 356 g/mol. The molecule has 0 saturated carbocycles. The fourth-order valence-electron chi connectivity index (χ4n) is 2.33. The van der Waals surface area contributed by atoms with E-state index in [4.69, 9.17) is 9.52 Å². The SMILES string of the molecule is CC(C)C(CNS(=O)(=O)c1ccc(C(=O)O)o1)c1ccc(F)c(F)c1. The van der Waals surface area contributed by atoms with E-state index < -0.39 is 44.4 Å². The Labute approximate surface area is 143 Å². The predicted octanol–water partition coefficient (Wildman–Crippen LogP) is 2.97. The standard InChI is InChI=1S/C16H17F2NO5S/c1-9(2)11(10-3-4-12(17)13(18)7-10)8-19-25(22,23)15-6-5-14(24-15)16(20)21/h3-7,9,11,19H,8H2,1-2H3,(H,20,21). The first-order chi connectivity index (χ1) is 11.6. The molecule has 0 radical (unpaired) electrons. The molecule has 0 amide bonds. The summed E-state index contributed by atoms with van der Waals surface area (Å²) in [5.74, 6) is -4.37. The lowest BCUT2D eigenvalue weighted by atomic mass is 9.88. The molecule has 136 valence electrons. The van der Waals surface area contributed by atoms with Crippen LogP contribution in [0.5, 0.6) is 0 Å². The molecule has 1 aromatic heterocycles. The summed E-state index contributed by atoms with van der Waals surface area (Å²) in [6.07, 6.45) is 0. The van der Waals surface area contributed by atoms with Gasteiger partial charge in [0.2, 0.25) is 10.9 Å². The molecule has 2 aromatic rings. The van der Waals surface area contributed by atoms with E-state index >= 15 is 0 Å². The molecule has 9 heteroatoms. The van der Waals surface area contributed by atoms with E-state index in [2.05, 4.69) is 4.72 Å². The van der Waals surface area contributed by atoms with Crippen LogP contribution in [0.4, 0.5) is 8.78 Å². The molecular formula is C16H17F2NO5S. The van der Waals surface area contributed by atoms with E-state index in [0.717, 1.165) is 24.3 Å². The van der Waals surface area contributed by atoms with E-state index in [9.17, 15) is 22.0 Å². The number of halogens is 2. The summed E-state index contributed by atoms with van der Waals surface area (Å²) in [6, 6.07) is 5.48. The van der Waals surface area contributed by atoms with Gasteiger partial charge in [-0.3, -0.25) is 0 Å². The minimum Gasteiger partial charge on any atom is -0.475 e. The third-order valence-electron chi connectivity index (χ3n) is 3.73. The van der Waals surface area contributed by atoms with E-state index in [0.29, 0.717) is 5.56 Å². The first kappa shape index (κ1) is 19.1. The van der Waals surface area contributed by atoms with Crippen molar-refractivity contribution in [2.24, 2.45) is 5.92 Å². The smallest absolute Gasteiger partial charge is 0.371 e. The van der Waals surface area contributed by atoms with Crippen LogP contribution < -0.4 is 4.72 Å². The summed E-state index contributed by atoms with van der Waals surface area (Å²) in [5.41, 5.74) is 0.447. The van der Waals surface area contributed by atoms with Crippen LogP contribution in [-0.2, 0) is 10.0 Å². The number of carboxylic acid groups (broad SMARTS) is 1. The Bertz CT molecular complexity index is 876. The van der Waals surface area contributed by atoms with E-state index in [1.807, 2.05) is 13.8 Å². The lowest BCUT2D eigenvalue weighted by Gasteiger charge is -2.21. The Kier molecular flexibility index (Phi) is 5.58. The molecule has 2 rings (SSSR count). The number of hydrogen-bond donors (Lipinski definition) is 2. The Hall–Kier alpha value is -2.26. The zero-order valence-electron chi connectivity index (χ0n) is 13.5. The maximum Gasteiger partial charge on any atom is 0.371 e. The molecule has 6 nitrogen and oxygen atoms in total. The van der Waals surface area contributed by atoms with Gasteiger partial charge < -0.3 is 9.52 Å². The Balaban J connectivity index is 2.19. The predicted molar refractivity (Wildman–Crippen MR) is 84.8 cm³/mol. The number of hydrogen-bond acceptors (Lipinski definition) is 4. The number of rotatable bonds is 7. The fraction of sp³-hybridized carbons (Fsp3) is 0.312. The average Bonchev–Trinajstić information content (AvgIpc) is 3.01. The van der Waals surface area contributed by atoms with Crippen LogP contribution >= 0.6 is 0 Å². The van der Waals surface area contributed by atoms with Gasteiger partial charge in [0, 0.05) is 6.54 Å². The van der Waals surface area contributed by atoms with Gasteiger partial charge >= 0.3 is 5.97 Å². The van der Waals surface area contributed by atoms with Crippen molar-refractivity contribution in [3.63, 3.8) is 0 Å². The van der Waals surface area contributed by atoms with Crippen molar-refractivity contribution in [2.45, 2.75) is 24.9 Å². The number of furan rings is 1. The molecule has 0 aliphatic heterocycles. The van der Waals surface area contributed by atoms with Gasteiger partial charge in [-0.15, -0.1) is 0 Å². The summed E-state index contributed by atoms with van der Waals surface area (Å²) in [5, 5.41) is 8.25. The first-order valence-electron chi connectivity index (χ1n) is 7.39. The second kappa shape index (κ2) is 7.32. The second-order valence-corrected chi connectivity index (χ2v) is 7.50. The zero-order chi connectivity index (χ0) is 18.8. The van der Waals surface area contributed by atoms with Gasteiger partial charge in [0.05, 0.1) is 0 Å². The highest BCUT2D eigenvalue weighted by atomic mass is 32.2. The molecule has 0 aliphatic carbocycles. The Morgan fingerprint density at radius 2 is 1.88 bits per heavy atom. The van der Waals surface area contributed by atoms with Crippen LogP contribution in [-0.4, -0.2) is 26.0 Å². The van der Waals surface area contributed by atoms with Gasteiger partial charge in [0.15, 0.2) is 11.6 Å². The van der Waals surface area contributed by atoms with Gasteiger partial charge in [0.25, 0.3) is 10.0 Å². The third-order valence-corrected chi connectivity index (χ3v) is 5.02. The van der Waals surface area contributed by atoms with Crippen molar-refractivity contribution >= 4 is 16.0 Å². The van der Waals surface area contributed by atoms with Crippen LogP contribution in [0.3, 0.4) is 0 Å². The molecule has 0 aliphatic rings. The van der Waals surface area contributed by atoms with Crippen LogP contribution in [0, 0.1) is 17.6 Å². The monoisotopic (exact) mass is 373 g/mol. The number of sulfonamides is 1. The van der Waals surface area contributed by atoms with Crippen molar-refractivity contribution in [3.8, 4) is 0 Å². The topological polar surface area (TPSA) is 96.6 Å². The molecule has 0 fully saturated rings. The van der Waals surface area contributed by atoms with Crippen LogP contribution in [0.15, 0.2) is 39.8 Å². The molecule has 1 aromatic carbocycles. The summed E-state index contributed by atoms with van der Waals surface area (Å²) in [7, 11) is -4.08. The van der Waals surface area contributed by atoms with Crippen molar-refractivity contribution in [1.29, 1.82) is 0 Å². The minimum atomic E-state index is -4.08. The molecule has 2 N–H and O–H groups in total.